The molecular weight excluding hydrogens is 324 g/mol. The van der Waals surface area contributed by atoms with E-state index in [1.54, 1.807) is 13.0 Å². The van der Waals surface area contributed by atoms with Crippen molar-refractivity contribution in [1.82, 2.24) is 9.78 Å². The van der Waals surface area contributed by atoms with Crippen molar-refractivity contribution in [3.8, 4) is 5.69 Å². The fourth-order valence-corrected chi connectivity index (χ4v) is 2.44. The van der Waals surface area contributed by atoms with E-state index >= 15 is 0 Å². The van der Waals surface area contributed by atoms with Crippen LogP contribution in [-0.4, -0.2) is 20.9 Å². The summed E-state index contributed by atoms with van der Waals surface area (Å²) in [5, 5.41) is 13.3. The van der Waals surface area contributed by atoms with Gasteiger partial charge in [-0.05, 0) is 37.1 Å². The van der Waals surface area contributed by atoms with Crippen LogP contribution in [0.5, 0.6) is 0 Å². The number of halogens is 1. The van der Waals surface area contributed by atoms with Gasteiger partial charge in [-0.2, -0.15) is 9.78 Å². The van der Waals surface area contributed by atoms with Crippen molar-refractivity contribution >= 4 is 21.9 Å². The molecule has 20 heavy (non-hydrogen) atoms. The van der Waals surface area contributed by atoms with Crippen LogP contribution in [0, 0.1) is 6.92 Å². The van der Waals surface area contributed by atoms with Crippen molar-refractivity contribution in [3.05, 3.63) is 55.9 Å². The highest BCUT2D eigenvalue weighted by molar-refractivity contribution is 9.10. The third-order valence-corrected chi connectivity index (χ3v) is 3.45. The summed E-state index contributed by atoms with van der Waals surface area (Å²) in [5.74, 6) is -1.13. The summed E-state index contributed by atoms with van der Waals surface area (Å²) in [6, 6.07) is 6.58. The summed E-state index contributed by atoms with van der Waals surface area (Å²) in [5.41, 5.74) is 1.41. The van der Waals surface area contributed by atoms with E-state index < -0.39 is 11.5 Å². The van der Waals surface area contributed by atoms with Gasteiger partial charge >= 0.3 is 5.97 Å². The fourth-order valence-electron chi connectivity index (χ4n) is 1.97. The molecule has 2 rings (SSSR count). The summed E-state index contributed by atoms with van der Waals surface area (Å²) >= 11 is 3.36. The molecule has 0 fully saturated rings. The maximum absolute atomic E-state index is 12.1. The topological polar surface area (TPSA) is 72.2 Å². The number of aromatic nitrogens is 2. The molecule has 0 spiro atoms. The van der Waals surface area contributed by atoms with Crippen LogP contribution in [0.15, 0.2) is 33.5 Å². The molecule has 5 nitrogen and oxygen atoms in total. The van der Waals surface area contributed by atoms with Crippen LogP contribution in [0.1, 0.15) is 28.5 Å². The third-order valence-electron chi connectivity index (χ3n) is 2.96. The molecule has 0 atom stereocenters. The number of carboxylic acids is 1. The zero-order chi connectivity index (χ0) is 14.9. The number of benzene rings is 1. The monoisotopic (exact) mass is 336 g/mol. The molecule has 1 N–H and O–H groups in total. The number of carboxylic acid groups (broad SMARTS) is 1. The molecule has 0 aliphatic rings. The Bertz CT molecular complexity index is 738. The van der Waals surface area contributed by atoms with Crippen LogP contribution in [-0.2, 0) is 6.42 Å². The second-order valence-corrected chi connectivity index (χ2v) is 5.26. The van der Waals surface area contributed by atoms with Crippen molar-refractivity contribution in [1.29, 1.82) is 0 Å². The lowest BCUT2D eigenvalue weighted by Crippen LogP contribution is -2.25. The van der Waals surface area contributed by atoms with Crippen LogP contribution >= 0.6 is 15.9 Å². The van der Waals surface area contributed by atoms with E-state index in [1.807, 2.05) is 19.1 Å². The number of aryl methyl sites for hydroxylation is 2. The quantitative estimate of drug-likeness (QED) is 0.934. The summed E-state index contributed by atoms with van der Waals surface area (Å²) in [7, 11) is 0. The van der Waals surface area contributed by atoms with Crippen molar-refractivity contribution in [2.45, 2.75) is 20.3 Å². The second kappa shape index (κ2) is 5.58. The Balaban J connectivity index is 2.69. The van der Waals surface area contributed by atoms with Gasteiger partial charge in [0.05, 0.1) is 16.9 Å². The van der Waals surface area contributed by atoms with Crippen LogP contribution in [0.25, 0.3) is 5.69 Å². The van der Waals surface area contributed by atoms with Gasteiger partial charge in [0.25, 0.3) is 5.56 Å². The van der Waals surface area contributed by atoms with Gasteiger partial charge in [0.2, 0.25) is 0 Å². The maximum atomic E-state index is 12.1. The largest absolute Gasteiger partial charge is 0.478 e. The Morgan fingerprint density at radius 3 is 2.65 bits per heavy atom. The molecule has 2 aromatic rings. The molecule has 0 aliphatic carbocycles. The Morgan fingerprint density at radius 1 is 1.40 bits per heavy atom. The summed E-state index contributed by atoms with van der Waals surface area (Å²) in [6.45, 7) is 3.67. The number of nitrogens with zero attached hydrogens (tertiary/aromatic N) is 2. The number of rotatable bonds is 3. The molecule has 1 heterocycles. The molecule has 6 heteroatoms. The predicted molar refractivity (Wildman–Crippen MR) is 78.6 cm³/mol. The molecular formula is C14H13BrN2O3. The van der Waals surface area contributed by atoms with Crippen LogP contribution < -0.4 is 5.56 Å². The van der Waals surface area contributed by atoms with Gasteiger partial charge in [-0.3, -0.25) is 4.79 Å². The van der Waals surface area contributed by atoms with E-state index in [0.717, 1.165) is 16.1 Å². The smallest absolute Gasteiger partial charge is 0.337 e. The minimum absolute atomic E-state index is 0.0384. The normalized spacial score (nSPS) is 10.6. The first-order chi connectivity index (χ1) is 9.43. The molecule has 0 aliphatic heterocycles. The second-order valence-electron chi connectivity index (χ2n) is 4.34. The van der Waals surface area contributed by atoms with Crippen LogP contribution in [0.4, 0.5) is 0 Å². The highest BCUT2D eigenvalue weighted by atomic mass is 79.9. The zero-order valence-corrected chi connectivity index (χ0v) is 12.6. The van der Waals surface area contributed by atoms with Crippen LogP contribution in [0.3, 0.4) is 0 Å². The number of hydrogen-bond donors (Lipinski definition) is 1. The number of aromatic carboxylic acids is 1. The molecule has 0 unspecified atom stereocenters. The van der Waals surface area contributed by atoms with Gasteiger partial charge in [0, 0.05) is 10.5 Å². The summed E-state index contributed by atoms with van der Waals surface area (Å²) < 4.78 is 2.15. The van der Waals surface area contributed by atoms with Gasteiger partial charge in [-0.25, -0.2) is 4.79 Å². The minimum atomic E-state index is -1.13. The molecule has 0 amide bonds. The van der Waals surface area contributed by atoms with Crippen LogP contribution in [0.2, 0.25) is 0 Å². The molecule has 104 valence electrons. The van der Waals surface area contributed by atoms with E-state index in [-0.39, 0.29) is 5.56 Å². The van der Waals surface area contributed by atoms with E-state index in [0.29, 0.717) is 17.8 Å². The maximum Gasteiger partial charge on any atom is 0.337 e. The van der Waals surface area contributed by atoms with E-state index in [2.05, 4.69) is 21.0 Å². The van der Waals surface area contributed by atoms with Crippen molar-refractivity contribution in [2.24, 2.45) is 0 Å². The van der Waals surface area contributed by atoms with Crippen molar-refractivity contribution in [3.63, 3.8) is 0 Å². The molecule has 0 saturated heterocycles. The van der Waals surface area contributed by atoms with E-state index in [4.69, 9.17) is 5.11 Å². The van der Waals surface area contributed by atoms with E-state index in [9.17, 15) is 9.59 Å². The summed E-state index contributed by atoms with van der Waals surface area (Å²) in [4.78, 5) is 23.2. The molecule has 0 bridgehead atoms. The van der Waals surface area contributed by atoms with Gasteiger partial charge in [-0.1, -0.05) is 22.9 Å². The average Bonchev–Trinajstić information content (AvgIpc) is 2.39. The molecule has 0 radical (unpaired) electrons. The lowest BCUT2D eigenvalue weighted by Gasteiger charge is -2.11. The first-order valence-electron chi connectivity index (χ1n) is 6.07. The lowest BCUT2D eigenvalue weighted by atomic mass is 10.1. The first-order valence-corrected chi connectivity index (χ1v) is 6.86. The predicted octanol–water partition coefficient (Wildman–Crippen LogP) is 2.56. The highest BCUT2D eigenvalue weighted by Gasteiger charge is 2.15. The zero-order valence-electron chi connectivity index (χ0n) is 11.1. The average molecular weight is 337 g/mol. The highest BCUT2D eigenvalue weighted by Crippen LogP contribution is 2.18. The lowest BCUT2D eigenvalue weighted by molar-refractivity contribution is 0.0694. The Hall–Kier alpha value is -1.95. The standard InChI is InChI=1S/C14H13BrN2O3/c1-3-11-10(14(19)20)7-13(18)17(16-11)12-5-4-9(15)6-8(12)2/h4-7H,3H2,1-2H3,(H,19,20). The van der Waals surface area contributed by atoms with E-state index in [1.165, 1.54) is 4.68 Å². The summed E-state index contributed by atoms with van der Waals surface area (Å²) in [6.07, 6.45) is 0.442. The van der Waals surface area contributed by atoms with Gasteiger partial charge in [0.15, 0.2) is 0 Å². The van der Waals surface area contributed by atoms with Gasteiger partial charge in [0.1, 0.15) is 0 Å². The SMILES string of the molecule is CCc1nn(-c2ccc(Br)cc2C)c(=O)cc1C(=O)O. The molecule has 1 aromatic carbocycles. The molecule has 0 saturated carbocycles. The fraction of sp³-hybridized carbons (Fsp3) is 0.214. The van der Waals surface area contributed by atoms with Gasteiger partial charge in [-0.15, -0.1) is 0 Å². The number of carbonyl (C=O) groups is 1. The van der Waals surface area contributed by atoms with Crippen molar-refractivity contribution in [2.75, 3.05) is 0 Å². The minimum Gasteiger partial charge on any atom is -0.478 e. The first kappa shape index (κ1) is 14.5. The Morgan fingerprint density at radius 2 is 2.10 bits per heavy atom. The van der Waals surface area contributed by atoms with Crippen molar-refractivity contribution < 1.29 is 9.90 Å². The third kappa shape index (κ3) is 2.65. The van der Waals surface area contributed by atoms with Gasteiger partial charge < -0.3 is 5.11 Å². The Kier molecular flexibility index (Phi) is 4.04. The number of hydrogen-bond acceptors (Lipinski definition) is 3. The molecule has 1 aromatic heterocycles. The Labute approximate surface area is 124 Å².